The van der Waals surface area contributed by atoms with E-state index in [1.807, 2.05) is 11.3 Å². The minimum Gasteiger partial charge on any atom is -0.316 e. The summed E-state index contributed by atoms with van der Waals surface area (Å²) >= 11 is 5.38. The predicted molar refractivity (Wildman–Crippen MR) is 79.7 cm³/mol. The molecular formula is C14H20BrNS. The van der Waals surface area contributed by atoms with E-state index in [4.69, 9.17) is 0 Å². The molecule has 0 spiro atoms. The number of hydrogen-bond acceptors (Lipinski definition) is 2. The van der Waals surface area contributed by atoms with E-state index in [0.29, 0.717) is 6.04 Å². The van der Waals surface area contributed by atoms with E-state index in [-0.39, 0.29) is 0 Å². The lowest BCUT2D eigenvalue weighted by Gasteiger charge is -2.19. The molecule has 0 saturated heterocycles. The number of rotatable bonds is 5. The highest BCUT2D eigenvalue weighted by molar-refractivity contribution is 9.11. The standard InChI is InChI=1S/C14H20BrNS/c1-16-12(9-11-5-3-2-4-6-11)10-13-7-8-14(15)17-13/h5,7-8,12,16H,2-4,6,9-10H2,1H3. The first-order valence-corrected chi connectivity index (χ1v) is 7.98. The molecule has 3 heteroatoms. The van der Waals surface area contributed by atoms with Crippen LogP contribution < -0.4 is 5.32 Å². The van der Waals surface area contributed by atoms with Gasteiger partial charge in [0, 0.05) is 10.9 Å². The van der Waals surface area contributed by atoms with Gasteiger partial charge in [-0.15, -0.1) is 11.3 Å². The molecule has 0 amide bonds. The molecule has 1 nitrogen and oxygen atoms in total. The highest BCUT2D eigenvalue weighted by atomic mass is 79.9. The van der Waals surface area contributed by atoms with E-state index in [2.05, 4.69) is 46.5 Å². The number of nitrogens with one attached hydrogen (secondary N) is 1. The summed E-state index contributed by atoms with van der Waals surface area (Å²) in [6, 6.07) is 4.96. The Labute approximate surface area is 116 Å². The van der Waals surface area contributed by atoms with Crippen LogP contribution in [0.3, 0.4) is 0 Å². The van der Waals surface area contributed by atoms with Crippen molar-refractivity contribution in [2.75, 3.05) is 7.05 Å². The average Bonchev–Trinajstić information content (AvgIpc) is 2.75. The van der Waals surface area contributed by atoms with Crippen LogP contribution in [-0.4, -0.2) is 13.1 Å². The second kappa shape index (κ2) is 6.72. The van der Waals surface area contributed by atoms with Crippen molar-refractivity contribution >= 4 is 27.3 Å². The summed E-state index contributed by atoms with van der Waals surface area (Å²) in [5.74, 6) is 0. The summed E-state index contributed by atoms with van der Waals surface area (Å²) in [5, 5.41) is 3.46. The molecule has 0 radical (unpaired) electrons. The van der Waals surface area contributed by atoms with Gasteiger partial charge in [-0.05, 0) is 73.6 Å². The summed E-state index contributed by atoms with van der Waals surface area (Å²) in [6.07, 6.45) is 10.2. The van der Waals surface area contributed by atoms with Gasteiger partial charge in [-0.25, -0.2) is 0 Å². The van der Waals surface area contributed by atoms with Gasteiger partial charge in [0.05, 0.1) is 3.79 Å². The first-order valence-electron chi connectivity index (χ1n) is 6.37. The van der Waals surface area contributed by atoms with Crippen LogP contribution in [0.5, 0.6) is 0 Å². The monoisotopic (exact) mass is 313 g/mol. The van der Waals surface area contributed by atoms with Crippen molar-refractivity contribution in [2.24, 2.45) is 0 Å². The second-order valence-corrected chi connectivity index (χ2v) is 7.26. The van der Waals surface area contributed by atoms with Crippen LogP contribution in [0.1, 0.15) is 37.0 Å². The molecule has 1 aromatic rings. The molecule has 1 unspecified atom stereocenters. The maximum atomic E-state index is 3.53. The molecule has 94 valence electrons. The van der Waals surface area contributed by atoms with Crippen LogP contribution >= 0.6 is 27.3 Å². The zero-order chi connectivity index (χ0) is 12.1. The van der Waals surface area contributed by atoms with Crippen molar-refractivity contribution < 1.29 is 0 Å². The molecule has 1 aliphatic carbocycles. The van der Waals surface area contributed by atoms with Crippen molar-refractivity contribution in [3.05, 3.63) is 32.4 Å². The highest BCUT2D eigenvalue weighted by Gasteiger charge is 2.12. The van der Waals surface area contributed by atoms with Gasteiger partial charge >= 0.3 is 0 Å². The van der Waals surface area contributed by atoms with E-state index in [1.54, 1.807) is 5.57 Å². The first-order chi connectivity index (χ1) is 8.28. The molecular weight excluding hydrogens is 294 g/mol. The quantitative estimate of drug-likeness (QED) is 0.787. The van der Waals surface area contributed by atoms with Crippen molar-refractivity contribution in [1.29, 1.82) is 0 Å². The van der Waals surface area contributed by atoms with Gasteiger partial charge in [-0.2, -0.15) is 0 Å². The zero-order valence-corrected chi connectivity index (χ0v) is 12.7. The zero-order valence-electron chi connectivity index (χ0n) is 10.3. The van der Waals surface area contributed by atoms with E-state index in [9.17, 15) is 0 Å². The molecule has 1 heterocycles. The van der Waals surface area contributed by atoms with Crippen molar-refractivity contribution in [3.63, 3.8) is 0 Å². The third-order valence-electron chi connectivity index (χ3n) is 3.38. The number of likely N-dealkylation sites (N-methyl/N-ethyl adjacent to an activating group) is 1. The topological polar surface area (TPSA) is 12.0 Å². The Balaban J connectivity index is 1.90. The Morgan fingerprint density at radius 2 is 2.24 bits per heavy atom. The fraction of sp³-hybridized carbons (Fsp3) is 0.571. The number of allylic oxidation sites excluding steroid dienone is 1. The fourth-order valence-electron chi connectivity index (χ4n) is 2.39. The number of halogens is 1. The van der Waals surface area contributed by atoms with Crippen molar-refractivity contribution in [1.82, 2.24) is 5.32 Å². The molecule has 0 aliphatic heterocycles. The fourth-order valence-corrected chi connectivity index (χ4v) is 3.95. The molecule has 2 rings (SSSR count). The van der Waals surface area contributed by atoms with Gasteiger partial charge in [-0.3, -0.25) is 0 Å². The largest absolute Gasteiger partial charge is 0.316 e. The van der Waals surface area contributed by atoms with Gasteiger partial charge in [0.15, 0.2) is 0 Å². The minimum absolute atomic E-state index is 0.588. The van der Waals surface area contributed by atoms with Gasteiger partial charge in [-0.1, -0.05) is 11.6 Å². The molecule has 1 atom stereocenters. The first kappa shape index (κ1) is 13.3. The molecule has 0 bridgehead atoms. The van der Waals surface area contributed by atoms with E-state index < -0.39 is 0 Å². The normalized spacial score (nSPS) is 17.9. The average molecular weight is 314 g/mol. The summed E-state index contributed by atoms with van der Waals surface area (Å²) in [7, 11) is 2.08. The Hall–Kier alpha value is -0.120. The molecule has 1 N–H and O–H groups in total. The lowest BCUT2D eigenvalue weighted by molar-refractivity contribution is 0.535. The summed E-state index contributed by atoms with van der Waals surface area (Å²) in [6.45, 7) is 0. The molecule has 0 fully saturated rings. The smallest absolute Gasteiger partial charge is 0.0701 e. The van der Waals surface area contributed by atoms with Crippen molar-refractivity contribution in [2.45, 2.75) is 44.6 Å². The SMILES string of the molecule is CNC(CC1=CCCCC1)Cc1ccc(Br)s1. The van der Waals surface area contributed by atoms with Crippen LogP contribution in [0.15, 0.2) is 27.6 Å². The third kappa shape index (κ3) is 4.23. The summed E-state index contributed by atoms with van der Waals surface area (Å²) < 4.78 is 1.24. The number of hydrogen-bond donors (Lipinski definition) is 1. The minimum atomic E-state index is 0.588. The van der Waals surface area contributed by atoms with Gasteiger partial charge in [0.1, 0.15) is 0 Å². The van der Waals surface area contributed by atoms with E-state index in [1.165, 1.54) is 40.8 Å². The molecule has 0 aromatic carbocycles. The van der Waals surface area contributed by atoms with Gasteiger partial charge in [0.2, 0.25) is 0 Å². The molecule has 17 heavy (non-hydrogen) atoms. The predicted octanol–water partition coefficient (Wildman–Crippen LogP) is 4.53. The van der Waals surface area contributed by atoms with Gasteiger partial charge in [0.25, 0.3) is 0 Å². The molecule has 0 saturated carbocycles. The Morgan fingerprint density at radius 3 is 2.82 bits per heavy atom. The molecule has 1 aromatic heterocycles. The lowest BCUT2D eigenvalue weighted by atomic mass is 9.93. The maximum Gasteiger partial charge on any atom is 0.0701 e. The van der Waals surface area contributed by atoms with E-state index >= 15 is 0 Å². The Kier molecular flexibility index (Phi) is 5.26. The summed E-state index contributed by atoms with van der Waals surface area (Å²) in [4.78, 5) is 1.47. The van der Waals surface area contributed by atoms with Crippen LogP contribution in [0.4, 0.5) is 0 Å². The Bertz CT molecular complexity index is 383. The lowest BCUT2D eigenvalue weighted by Crippen LogP contribution is -2.28. The van der Waals surface area contributed by atoms with Crippen molar-refractivity contribution in [3.8, 4) is 0 Å². The van der Waals surface area contributed by atoms with Gasteiger partial charge < -0.3 is 5.32 Å². The van der Waals surface area contributed by atoms with Crippen LogP contribution in [0, 0.1) is 0 Å². The molecule has 1 aliphatic rings. The highest BCUT2D eigenvalue weighted by Crippen LogP contribution is 2.26. The number of thiophene rings is 1. The van der Waals surface area contributed by atoms with Crippen LogP contribution in [0.25, 0.3) is 0 Å². The second-order valence-electron chi connectivity index (χ2n) is 4.71. The Morgan fingerprint density at radius 1 is 1.35 bits per heavy atom. The van der Waals surface area contributed by atoms with Crippen LogP contribution in [0.2, 0.25) is 0 Å². The maximum absolute atomic E-state index is 3.53. The van der Waals surface area contributed by atoms with Crippen LogP contribution in [-0.2, 0) is 6.42 Å². The van der Waals surface area contributed by atoms with E-state index in [0.717, 1.165) is 6.42 Å². The summed E-state index contributed by atoms with van der Waals surface area (Å²) in [5.41, 5.74) is 1.66. The third-order valence-corrected chi connectivity index (χ3v) is 5.02.